The van der Waals surface area contributed by atoms with Gasteiger partial charge in [0, 0.05) is 19.0 Å². The number of carboxylic acids is 1. The summed E-state index contributed by atoms with van der Waals surface area (Å²) in [5.41, 5.74) is 0. The van der Waals surface area contributed by atoms with E-state index in [0.717, 1.165) is 19.3 Å². The Balaban J connectivity index is 0. The smallest absolute Gasteiger partial charge is 0.303 e. The Morgan fingerprint density at radius 2 is 1.03 bits per heavy atom. The van der Waals surface area contributed by atoms with Crippen LogP contribution < -0.4 is 5.32 Å². The van der Waals surface area contributed by atoms with Crippen molar-refractivity contribution >= 4 is 5.97 Å². The number of aliphatic carboxylic acids is 1. The van der Waals surface area contributed by atoms with Gasteiger partial charge in [0.25, 0.3) is 0 Å². The minimum absolute atomic E-state index is 0.147. The third-order valence-corrected chi connectivity index (χ3v) is 6.17. The van der Waals surface area contributed by atoms with Crippen LogP contribution in [0.4, 0.5) is 0 Å². The summed E-state index contributed by atoms with van der Waals surface area (Å²) in [5.74, 6) is -0.659. The normalized spacial score (nSPS) is 11.8. The molecule has 0 rings (SSSR count). The van der Waals surface area contributed by atoms with E-state index in [-0.39, 0.29) is 19.3 Å². The van der Waals surface area contributed by atoms with E-state index in [1.165, 1.54) is 109 Å². The van der Waals surface area contributed by atoms with Gasteiger partial charge in [0.05, 0.1) is 13.2 Å². The summed E-state index contributed by atoms with van der Waals surface area (Å²) in [4.78, 5) is 10.2. The molecule has 0 heterocycles. The highest BCUT2D eigenvalue weighted by atomic mass is 16.4. The van der Waals surface area contributed by atoms with Crippen LogP contribution in [0.25, 0.3) is 0 Å². The Labute approximate surface area is 206 Å². The van der Waals surface area contributed by atoms with Gasteiger partial charge in [-0.15, -0.1) is 0 Å². The van der Waals surface area contributed by atoms with Gasteiger partial charge in [-0.25, -0.2) is 0 Å². The van der Waals surface area contributed by atoms with Crippen LogP contribution in [0.5, 0.6) is 0 Å². The summed E-state index contributed by atoms with van der Waals surface area (Å²) in [5, 5.41) is 29.4. The number of carboxylic acid groups (broad SMARTS) is 1. The predicted octanol–water partition coefficient (Wildman–Crippen LogP) is 7.23. The van der Waals surface area contributed by atoms with Crippen LogP contribution in [0, 0.1) is 0 Å². The van der Waals surface area contributed by atoms with Crippen LogP contribution in [0.3, 0.4) is 0 Å². The molecular formula is C28H59NO4. The topological polar surface area (TPSA) is 89.8 Å². The second-order valence-electron chi connectivity index (χ2n) is 9.50. The fourth-order valence-electron chi connectivity index (χ4n) is 3.99. The van der Waals surface area contributed by atoms with Gasteiger partial charge in [-0.1, -0.05) is 129 Å². The van der Waals surface area contributed by atoms with Crippen molar-refractivity contribution in [2.45, 2.75) is 155 Å². The van der Waals surface area contributed by atoms with Crippen LogP contribution in [-0.2, 0) is 4.79 Å². The monoisotopic (exact) mass is 473 g/mol. The van der Waals surface area contributed by atoms with E-state index < -0.39 is 5.97 Å². The molecule has 0 aliphatic heterocycles. The first-order valence-corrected chi connectivity index (χ1v) is 14.3. The van der Waals surface area contributed by atoms with Crippen LogP contribution in [-0.4, -0.2) is 47.1 Å². The lowest BCUT2D eigenvalue weighted by molar-refractivity contribution is -0.137. The van der Waals surface area contributed by atoms with Crippen molar-refractivity contribution in [1.82, 2.24) is 5.32 Å². The minimum Gasteiger partial charge on any atom is -0.481 e. The average molecular weight is 474 g/mol. The highest BCUT2D eigenvalue weighted by molar-refractivity contribution is 5.66. The largest absolute Gasteiger partial charge is 0.481 e. The first kappa shape index (κ1) is 34.5. The molecule has 1 unspecified atom stereocenters. The summed E-state index contributed by atoms with van der Waals surface area (Å²) < 4.78 is 0. The van der Waals surface area contributed by atoms with E-state index in [4.69, 9.17) is 15.3 Å². The molecular weight excluding hydrogens is 414 g/mol. The third-order valence-electron chi connectivity index (χ3n) is 6.17. The Hall–Kier alpha value is -0.650. The fraction of sp³-hybridized carbons (Fsp3) is 0.964. The molecule has 200 valence electrons. The lowest BCUT2D eigenvalue weighted by Gasteiger charge is -2.15. The lowest BCUT2D eigenvalue weighted by Crippen LogP contribution is -2.34. The molecule has 0 aliphatic carbocycles. The van der Waals surface area contributed by atoms with Crippen LogP contribution in [0.15, 0.2) is 0 Å². The van der Waals surface area contributed by atoms with Gasteiger partial charge in [-0.05, 0) is 12.8 Å². The standard InChI is InChI=1S/C16H35NO2.C12H24O2/c1-2-3-4-5-6-7-8-9-10-11-12-16(15-19)17-13-14-18;1-2-3-4-5-6-7-8-9-10-11-12(13)14/h16-19H,2-15H2,1H3;2-11H2,1H3,(H,13,14). The van der Waals surface area contributed by atoms with Crippen molar-refractivity contribution in [2.24, 2.45) is 0 Å². The summed E-state index contributed by atoms with van der Waals surface area (Å²) in [7, 11) is 0. The quantitative estimate of drug-likeness (QED) is 0.105. The van der Waals surface area contributed by atoms with Gasteiger partial charge in [0.1, 0.15) is 0 Å². The molecule has 33 heavy (non-hydrogen) atoms. The van der Waals surface area contributed by atoms with E-state index in [9.17, 15) is 4.79 Å². The summed E-state index contributed by atoms with van der Waals surface area (Å²) >= 11 is 0. The van der Waals surface area contributed by atoms with Crippen molar-refractivity contribution in [1.29, 1.82) is 0 Å². The molecule has 1 atom stereocenters. The van der Waals surface area contributed by atoms with E-state index in [1.54, 1.807) is 0 Å². The molecule has 0 aromatic carbocycles. The fourth-order valence-corrected chi connectivity index (χ4v) is 3.99. The van der Waals surface area contributed by atoms with E-state index in [0.29, 0.717) is 13.0 Å². The summed E-state index contributed by atoms with van der Waals surface area (Å²) in [6.07, 6.45) is 26.0. The molecule has 5 nitrogen and oxygen atoms in total. The molecule has 0 amide bonds. The molecule has 5 heteroatoms. The van der Waals surface area contributed by atoms with Crippen molar-refractivity contribution in [3.05, 3.63) is 0 Å². The average Bonchev–Trinajstić information content (AvgIpc) is 2.81. The Kier molecular flexibility index (Phi) is 32.8. The molecule has 4 N–H and O–H groups in total. The molecule has 0 saturated heterocycles. The number of hydrogen-bond donors (Lipinski definition) is 4. The molecule has 0 spiro atoms. The van der Waals surface area contributed by atoms with Crippen molar-refractivity contribution < 1.29 is 20.1 Å². The zero-order chi connectivity index (χ0) is 24.8. The van der Waals surface area contributed by atoms with Gasteiger partial charge in [0.2, 0.25) is 0 Å². The number of nitrogens with one attached hydrogen (secondary N) is 1. The number of rotatable bonds is 25. The molecule has 0 radical (unpaired) electrons. The SMILES string of the molecule is CCCCCCCCCCCC(=O)O.CCCCCCCCCCCCC(CO)NCCO. The molecule has 0 saturated carbocycles. The van der Waals surface area contributed by atoms with Gasteiger partial charge in [-0.3, -0.25) is 4.79 Å². The molecule has 0 fully saturated rings. The van der Waals surface area contributed by atoms with Crippen LogP contribution in [0.1, 0.15) is 149 Å². The van der Waals surface area contributed by atoms with Crippen molar-refractivity contribution in [2.75, 3.05) is 19.8 Å². The first-order chi connectivity index (χ1) is 16.1. The number of hydrogen-bond acceptors (Lipinski definition) is 4. The Morgan fingerprint density at radius 3 is 1.39 bits per heavy atom. The van der Waals surface area contributed by atoms with Gasteiger partial charge < -0.3 is 20.6 Å². The molecule has 0 bridgehead atoms. The third kappa shape index (κ3) is 33.6. The van der Waals surface area contributed by atoms with Crippen LogP contribution in [0.2, 0.25) is 0 Å². The number of unbranched alkanes of at least 4 members (excludes halogenated alkanes) is 17. The first-order valence-electron chi connectivity index (χ1n) is 14.3. The number of aliphatic hydroxyl groups is 2. The predicted molar refractivity (Wildman–Crippen MR) is 142 cm³/mol. The second-order valence-corrected chi connectivity index (χ2v) is 9.50. The van der Waals surface area contributed by atoms with E-state index in [2.05, 4.69) is 19.2 Å². The highest BCUT2D eigenvalue weighted by Gasteiger charge is 2.05. The Bertz CT molecular complexity index is 366. The lowest BCUT2D eigenvalue weighted by atomic mass is 10.0. The van der Waals surface area contributed by atoms with E-state index in [1.807, 2.05) is 0 Å². The Morgan fingerprint density at radius 1 is 0.636 bits per heavy atom. The van der Waals surface area contributed by atoms with Gasteiger partial charge >= 0.3 is 5.97 Å². The van der Waals surface area contributed by atoms with Gasteiger partial charge in [0.15, 0.2) is 0 Å². The van der Waals surface area contributed by atoms with E-state index >= 15 is 0 Å². The maximum Gasteiger partial charge on any atom is 0.303 e. The number of carbonyl (C=O) groups is 1. The molecule has 0 aromatic heterocycles. The summed E-state index contributed by atoms with van der Waals surface area (Å²) in [6, 6.07) is 0.168. The molecule has 0 aromatic rings. The van der Waals surface area contributed by atoms with Crippen LogP contribution >= 0.6 is 0 Å². The summed E-state index contributed by atoms with van der Waals surface area (Å²) in [6.45, 7) is 5.40. The van der Waals surface area contributed by atoms with Crippen molar-refractivity contribution in [3.8, 4) is 0 Å². The number of aliphatic hydroxyl groups excluding tert-OH is 2. The maximum atomic E-state index is 10.2. The van der Waals surface area contributed by atoms with Crippen molar-refractivity contribution in [3.63, 3.8) is 0 Å². The zero-order valence-corrected chi connectivity index (χ0v) is 22.3. The maximum absolute atomic E-state index is 10.2. The molecule has 0 aliphatic rings. The second kappa shape index (κ2) is 31.4. The minimum atomic E-state index is -0.659. The zero-order valence-electron chi connectivity index (χ0n) is 22.3. The highest BCUT2D eigenvalue weighted by Crippen LogP contribution is 2.12. The van der Waals surface area contributed by atoms with Gasteiger partial charge in [-0.2, -0.15) is 0 Å².